The van der Waals surface area contributed by atoms with Gasteiger partial charge in [0.1, 0.15) is 6.10 Å². The predicted octanol–water partition coefficient (Wildman–Crippen LogP) is 1.77. The maximum absolute atomic E-state index is 12.0. The number of hydrogen-bond acceptors (Lipinski definition) is 6. The van der Waals surface area contributed by atoms with Gasteiger partial charge in [-0.2, -0.15) is 0 Å². The molecule has 1 rings (SSSR count). The molecule has 8 nitrogen and oxygen atoms in total. The van der Waals surface area contributed by atoms with E-state index in [0.717, 1.165) is 51.9 Å². The van der Waals surface area contributed by atoms with Crippen molar-refractivity contribution in [3.63, 3.8) is 0 Å². The fourth-order valence-electron chi connectivity index (χ4n) is 2.61. The second-order valence-electron chi connectivity index (χ2n) is 6.74. The summed E-state index contributed by atoms with van der Waals surface area (Å²) in [6, 6.07) is 0. The Kier molecular flexibility index (Phi) is 13.1. The van der Waals surface area contributed by atoms with Gasteiger partial charge in [-0.3, -0.25) is 0 Å². The van der Waals surface area contributed by atoms with Crippen LogP contribution in [-0.4, -0.2) is 64.2 Å². The van der Waals surface area contributed by atoms with E-state index in [2.05, 4.69) is 21.3 Å². The zero-order valence-corrected chi connectivity index (χ0v) is 16.7. The molecule has 0 unspecified atom stereocenters. The number of allylic oxidation sites excluding steroid dienone is 1. The summed E-state index contributed by atoms with van der Waals surface area (Å²) >= 11 is 0. The SMILES string of the molecule is C/C=C/[C@H]1OC(=O)NCCCNCCCCNCCCNC(=O)OC[C@@H]1C. The van der Waals surface area contributed by atoms with Crippen molar-refractivity contribution in [2.45, 2.75) is 45.6 Å². The molecule has 0 aliphatic carbocycles. The highest BCUT2D eigenvalue weighted by Gasteiger charge is 2.20. The molecule has 2 amide bonds. The van der Waals surface area contributed by atoms with Crippen LogP contribution in [0.3, 0.4) is 0 Å². The number of alkyl carbamates (subject to hydrolysis) is 2. The number of nitrogens with one attached hydrogen (secondary N) is 4. The first-order chi connectivity index (χ1) is 13.1. The highest BCUT2D eigenvalue weighted by Crippen LogP contribution is 2.11. The third kappa shape index (κ3) is 12.3. The van der Waals surface area contributed by atoms with Gasteiger partial charge in [0.25, 0.3) is 0 Å². The molecule has 0 radical (unpaired) electrons. The number of cyclic esters (lactones) is 2. The van der Waals surface area contributed by atoms with Crippen LogP contribution < -0.4 is 21.3 Å². The van der Waals surface area contributed by atoms with Gasteiger partial charge in [0, 0.05) is 19.0 Å². The Morgan fingerprint density at radius 1 is 0.852 bits per heavy atom. The first-order valence-corrected chi connectivity index (χ1v) is 10.0. The van der Waals surface area contributed by atoms with Gasteiger partial charge < -0.3 is 30.7 Å². The molecule has 1 heterocycles. The Labute approximate surface area is 162 Å². The monoisotopic (exact) mass is 384 g/mol. The summed E-state index contributed by atoms with van der Waals surface area (Å²) in [6.07, 6.45) is 6.20. The number of rotatable bonds is 1. The Morgan fingerprint density at radius 3 is 2.00 bits per heavy atom. The standard InChI is InChI=1S/C19H36N4O4/c1-3-8-17-16(2)15-26-18(24)22-13-6-11-20-9-4-5-10-21-12-7-14-23-19(25)27-17/h3,8,16-17,20-21H,4-7,9-15H2,1-2H3,(H,22,24)(H,23,25)/b8-3+/t16-,17+/m0/s1. The van der Waals surface area contributed by atoms with Crippen LogP contribution in [0, 0.1) is 5.92 Å². The summed E-state index contributed by atoms with van der Waals surface area (Å²) in [5.41, 5.74) is 0. The molecule has 1 saturated heterocycles. The number of hydrogen-bond donors (Lipinski definition) is 4. The van der Waals surface area contributed by atoms with E-state index >= 15 is 0 Å². The van der Waals surface area contributed by atoms with Crippen LogP contribution in [0.5, 0.6) is 0 Å². The molecule has 1 aliphatic rings. The molecular formula is C19H36N4O4. The van der Waals surface area contributed by atoms with Gasteiger partial charge in [-0.1, -0.05) is 13.0 Å². The van der Waals surface area contributed by atoms with Crippen LogP contribution in [-0.2, 0) is 9.47 Å². The Balaban J connectivity index is 2.49. The molecule has 0 aromatic carbocycles. The summed E-state index contributed by atoms with van der Waals surface area (Å²) in [6.45, 7) is 8.73. The first kappa shape index (κ1) is 23.2. The first-order valence-electron chi connectivity index (χ1n) is 10.0. The zero-order valence-electron chi connectivity index (χ0n) is 16.7. The zero-order chi connectivity index (χ0) is 19.7. The van der Waals surface area contributed by atoms with E-state index in [0.29, 0.717) is 13.1 Å². The van der Waals surface area contributed by atoms with E-state index in [1.165, 1.54) is 0 Å². The molecule has 27 heavy (non-hydrogen) atoms. The average Bonchev–Trinajstić information content (AvgIpc) is 2.65. The second-order valence-corrected chi connectivity index (χ2v) is 6.74. The Morgan fingerprint density at radius 2 is 1.41 bits per heavy atom. The minimum absolute atomic E-state index is 0.143. The van der Waals surface area contributed by atoms with Crippen LogP contribution in [0.15, 0.2) is 12.2 Å². The summed E-state index contributed by atoms with van der Waals surface area (Å²) in [7, 11) is 0. The molecule has 2 atom stereocenters. The predicted molar refractivity (Wildman–Crippen MR) is 106 cm³/mol. The lowest BCUT2D eigenvalue weighted by Gasteiger charge is -2.21. The van der Waals surface area contributed by atoms with Crippen molar-refractivity contribution in [1.82, 2.24) is 21.3 Å². The third-order valence-electron chi connectivity index (χ3n) is 4.22. The number of ether oxygens (including phenoxy) is 2. The van der Waals surface area contributed by atoms with Crippen molar-refractivity contribution in [3.8, 4) is 0 Å². The van der Waals surface area contributed by atoms with Crippen LogP contribution in [0.4, 0.5) is 9.59 Å². The van der Waals surface area contributed by atoms with Crippen LogP contribution >= 0.6 is 0 Å². The molecule has 8 heteroatoms. The third-order valence-corrected chi connectivity index (χ3v) is 4.22. The molecule has 0 aromatic rings. The van der Waals surface area contributed by atoms with Gasteiger partial charge in [0.05, 0.1) is 6.61 Å². The van der Waals surface area contributed by atoms with E-state index in [-0.39, 0.29) is 12.5 Å². The molecule has 0 spiro atoms. The van der Waals surface area contributed by atoms with Crippen molar-refractivity contribution in [2.24, 2.45) is 5.92 Å². The van der Waals surface area contributed by atoms with Gasteiger partial charge in [0.2, 0.25) is 0 Å². The number of amides is 2. The Hall–Kier alpha value is -1.80. The topological polar surface area (TPSA) is 101 Å². The van der Waals surface area contributed by atoms with Crippen LogP contribution in [0.2, 0.25) is 0 Å². The Bertz CT molecular complexity index is 445. The molecule has 156 valence electrons. The summed E-state index contributed by atoms with van der Waals surface area (Å²) in [4.78, 5) is 23.8. The van der Waals surface area contributed by atoms with Crippen molar-refractivity contribution in [1.29, 1.82) is 0 Å². The van der Waals surface area contributed by atoms with E-state index in [4.69, 9.17) is 9.47 Å². The average molecular weight is 385 g/mol. The lowest BCUT2D eigenvalue weighted by molar-refractivity contribution is 0.0609. The number of carbonyl (C=O) groups is 2. The van der Waals surface area contributed by atoms with Crippen molar-refractivity contribution < 1.29 is 19.1 Å². The number of carbonyl (C=O) groups excluding carboxylic acids is 2. The van der Waals surface area contributed by atoms with E-state index < -0.39 is 18.3 Å². The molecule has 1 aliphatic heterocycles. The summed E-state index contributed by atoms with van der Waals surface area (Å²) in [5, 5.41) is 12.3. The quantitative estimate of drug-likeness (QED) is 0.514. The van der Waals surface area contributed by atoms with E-state index in [1.54, 1.807) is 6.08 Å². The van der Waals surface area contributed by atoms with Crippen LogP contribution in [0.1, 0.15) is 39.5 Å². The maximum Gasteiger partial charge on any atom is 0.407 e. The van der Waals surface area contributed by atoms with Crippen molar-refractivity contribution in [3.05, 3.63) is 12.2 Å². The maximum atomic E-state index is 12.0. The van der Waals surface area contributed by atoms with E-state index in [1.807, 2.05) is 19.9 Å². The molecular weight excluding hydrogens is 348 g/mol. The van der Waals surface area contributed by atoms with Gasteiger partial charge in [-0.25, -0.2) is 9.59 Å². The summed E-state index contributed by atoms with van der Waals surface area (Å²) in [5.74, 6) is -0.143. The lowest BCUT2D eigenvalue weighted by atomic mass is 10.1. The lowest BCUT2D eigenvalue weighted by Crippen LogP contribution is -2.35. The smallest absolute Gasteiger partial charge is 0.407 e. The van der Waals surface area contributed by atoms with E-state index in [9.17, 15) is 9.59 Å². The van der Waals surface area contributed by atoms with Gasteiger partial charge >= 0.3 is 12.2 Å². The van der Waals surface area contributed by atoms with Gasteiger partial charge in [-0.05, 0) is 64.9 Å². The largest absolute Gasteiger partial charge is 0.449 e. The fraction of sp³-hybridized carbons (Fsp3) is 0.789. The van der Waals surface area contributed by atoms with Gasteiger partial charge in [0.15, 0.2) is 0 Å². The highest BCUT2D eigenvalue weighted by atomic mass is 16.6. The fourth-order valence-corrected chi connectivity index (χ4v) is 2.61. The molecule has 0 aromatic heterocycles. The van der Waals surface area contributed by atoms with Crippen molar-refractivity contribution >= 4 is 12.2 Å². The normalized spacial score (nSPS) is 26.1. The van der Waals surface area contributed by atoms with Crippen molar-refractivity contribution in [2.75, 3.05) is 45.9 Å². The minimum atomic E-state index is -0.452. The highest BCUT2D eigenvalue weighted by molar-refractivity contribution is 5.68. The molecule has 0 bridgehead atoms. The van der Waals surface area contributed by atoms with Crippen LogP contribution in [0.25, 0.3) is 0 Å². The summed E-state index contributed by atoms with van der Waals surface area (Å²) < 4.78 is 10.7. The molecule has 1 fully saturated rings. The van der Waals surface area contributed by atoms with Gasteiger partial charge in [-0.15, -0.1) is 0 Å². The molecule has 0 saturated carbocycles. The second kappa shape index (κ2) is 15.3. The molecule has 4 N–H and O–H groups in total. The minimum Gasteiger partial charge on any atom is -0.449 e.